The molecule has 0 saturated carbocycles. The van der Waals surface area contributed by atoms with Gasteiger partial charge in [0.2, 0.25) is 0 Å². The number of anilines is 1. The second kappa shape index (κ2) is 8.05. The zero-order valence-electron chi connectivity index (χ0n) is 14.0. The Hall–Kier alpha value is -1.50. The largest absolute Gasteiger partial charge is 0.495 e. The molecule has 1 N–H and O–H groups in total. The minimum atomic E-state index is -0.0748. The first-order valence-corrected chi connectivity index (χ1v) is 8.76. The summed E-state index contributed by atoms with van der Waals surface area (Å²) in [5.41, 5.74) is 0.680. The van der Waals surface area contributed by atoms with Crippen LogP contribution < -0.4 is 10.1 Å². The molecule has 132 valence electrons. The van der Waals surface area contributed by atoms with Gasteiger partial charge in [-0.25, -0.2) is 4.79 Å². The number of ether oxygens (including phenoxy) is 2. The van der Waals surface area contributed by atoms with Gasteiger partial charge >= 0.3 is 6.03 Å². The number of morpholine rings is 1. The first-order chi connectivity index (χ1) is 11.7. The molecule has 0 radical (unpaired) electrons. The van der Waals surface area contributed by atoms with Gasteiger partial charge in [0.15, 0.2) is 0 Å². The Morgan fingerprint density at radius 1 is 1.33 bits per heavy atom. The Kier molecular flexibility index (Phi) is 5.81. The number of carbonyl (C=O) groups excluding carboxylic acids is 1. The average Bonchev–Trinajstić information content (AvgIpc) is 2.63. The van der Waals surface area contributed by atoms with Gasteiger partial charge in [0.1, 0.15) is 5.75 Å². The average molecular weight is 354 g/mol. The fourth-order valence-corrected chi connectivity index (χ4v) is 3.58. The lowest BCUT2D eigenvalue weighted by atomic mass is 10.0. The summed E-state index contributed by atoms with van der Waals surface area (Å²) in [4.78, 5) is 16.9. The number of nitrogens with zero attached hydrogens (tertiary/aromatic N) is 2. The number of piperidine rings is 1. The number of carbonyl (C=O) groups is 1. The molecule has 1 aromatic carbocycles. The molecule has 2 aliphatic rings. The lowest BCUT2D eigenvalue weighted by Crippen LogP contribution is -2.53. The zero-order valence-corrected chi connectivity index (χ0v) is 14.7. The van der Waals surface area contributed by atoms with Crippen LogP contribution in [0.4, 0.5) is 10.5 Å². The Labute approximate surface area is 147 Å². The van der Waals surface area contributed by atoms with Crippen molar-refractivity contribution in [1.29, 1.82) is 0 Å². The van der Waals surface area contributed by atoms with E-state index in [-0.39, 0.29) is 6.03 Å². The number of amides is 2. The van der Waals surface area contributed by atoms with Crippen LogP contribution >= 0.6 is 11.6 Å². The summed E-state index contributed by atoms with van der Waals surface area (Å²) in [6, 6.07) is 5.61. The van der Waals surface area contributed by atoms with Crippen molar-refractivity contribution in [3.05, 3.63) is 23.2 Å². The van der Waals surface area contributed by atoms with Crippen LogP contribution in [-0.4, -0.2) is 68.4 Å². The van der Waals surface area contributed by atoms with Gasteiger partial charge in [0.05, 0.1) is 25.3 Å². The molecule has 0 spiro atoms. The third-order valence-electron chi connectivity index (χ3n) is 4.65. The summed E-state index contributed by atoms with van der Waals surface area (Å²) in [7, 11) is 1.57. The standard InChI is InChI=1S/C17H24ClN3O3/c1-23-16-5-4-13(11-15(16)18)19-17(22)21-6-2-3-14(12-21)20-7-9-24-10-8-20/h4-5,11,14H,2-3,6-10,12H2,1H3,(H,19,22). The zero-order chi connectivity index (χ0) is 16.9. The van der Waals surface area contributed by atoms with E-state index in [1.165, 1.54) is 0 Å². The highest BCUT2D eigenvalue weighted by Gasteiger charge is 2.28. The minimum absolute atomic E-state index is 0.0748. The van der Waals surface area contributed by atoms with E-state index in [4.69, 9.17) is 21.1 Å². The van der Waals surface area contributed by atoms with Crippen LogP contribution in [0.1, 0.15) is 12.8 Å². The second-order valence-electron chi connectivity index (χ2n) is 6.17. The molecule has 6 nitrogen and oxygen atoms in total. The van der Waals surface area contributed by atoms with Crippen molar-refractivity contribution >= 4 is 23.3 Å². The van der Waals surface area contributed by atoms with Gasteiger partial charge in [0, 0.05) is 37.9 Å². The monoisotopic (exact) mass is 353 g/mol. The number of benzene rings is 1. The predicted molar refractivity (Wildman–Crippen MR) is 94.0 cm³/mol. The molecule has 0 aromatic heterocycles. The minimum Gasteiger partial charge on any atom is -0.495 e. The SMILES string of the molecule is COc1ccc(NC(=O)N2CCCC(N3CCOCC3)C2)cc1Cl. The van der Waals surface area contributed by atoms with E-state index in [1.807, 2.05) is 4.90 Å². The van der Waals surface area contributed by atoms with Crippen molar-refractivity contribution < 1.29 is 14.3 Å². The maximum Gasteiger partial charge on any atom is 0.321 e. The Morgan fingerprint density at radius 2 is 2.12 bits per heavy atom. The van der Waals surface area contributed by atoms with Crippen LogP contribution in [0.5, 0.6) is 5.75 Å². The van der Waals surface area contributed by atoms with E-state index in [0.29, 0.717) is 22.5 Å². The molecule has 2 saturated heterocycles. The summed E-state index contributed by atoms with van der Waals surface area (Å²) in [6.45, 7) is 5.02. The molecule has 2 heterocycles. The summed E-state index contributed by atoms with van der Waals surface area (Å²) in [6.07, 6.45) is 2.16. The summed E-state index contributed by atoms with van der Waals surface area (Å²) < 4.78 is 10.5. The fraction of sp³-hybridized carbons (Fsp3) is 0.588. The Balaban J connectivity index is 1.58. The number of likely N-dealkylation sites (tertiary alicyclic amines) is 1. The van der Waals surface area contributed by atoms with Crippen molar-refractivity contribution in [2.45, 2.75) is 18.9 Å². The van der Waals surface area contributed by atoms with Crippen molar-refractivity contribution in [3.8, 4) is 5.75 Å². The van der Waals surface area contributed by atoms with Crippen LogP contribution in [0, 0.1) is 0 Å². The maximum absolute atomic E-state index is 12.6. The van der Waals surface area contributed by atoms with E-state index in [1.54, 1.807) is 25.3 Å². The lowest BCUT2D eigenvalue weighted by Gasteiger charge is -2.40. The fourth-order valence-electron chi connectivity index (χ4n) is 3.33. The molecule has 1 unspecified atom stereocenters. The molecular weight excluding hydrogens is 330 g/mol. The molecule has 24 heavy (non-hydrogen) atoms. The molecule has 1 aromatic rings. The number of hydrogen-bond acceptors (Lipinski definition) is 4. The van der Waals surface area contributed by atoms with Crippen molar-refractivity contribution in [2.75, 3.05) is 51.8 Å². The normalized spacial score (nSPS) is 22.2. The number of rotatable bonds is 3. The highest BCUT2D eigenvalue weighted by Crippen LogP contribution is 2.27. The van der Waals surface area contributed by atoms with Gasteiger partial charge in [-0.2, -0.15) is 0 Å². The number of halogens is 1. The molecule has 1 atom stereocenters. The third kappa shape index (κ3) is 4.12. The number of methoxy groups -OCH3 is 1. The van der Waals surface area contributed by atoms with Gasteiger partial charge < -0.3 is 19.7 Å². The summed E-state index contributed by atoms with van der Waals surface area (Å²) in [5, 5.41) is 3.42. The molecule has 3 rings (SSSR count). The molecule has 2 fully saturated rings. The summed E-state index contributed by atoms with van der Waals surface area (Å²) in [5.74, 6) is 0.597. The molecule has 0 bridgehead atoms. The second-order valence-corrected chi connectivity index (χ2v) is 6.58. The topological polar surface area (TPSA) is 54.0 Å². The first kappa shape index (κ1) is 17.3. The van der Waals surface area contributed by atoms with Crippen molar-refractivity contribution in [3.63, 3.8) is 0 Å². The van der Waals surface area contributed by atoms with Gasteiger partial charge in [-0.3, -0.25) is 4.90 Å². The van der Waals surface area contributed by atoms with Crippen molar-refractivity contribution in [2.24, 2.45) is 0 Å². The van der Waals surface area contributed by atoms with Crippen LogP contribution in [0.25, 0.3) is 0 Å². The highest BCUT2D eigenvalue weighted by molar-refractivity contribution is 6.32. The Morgan fingerprint density at radius 3 is 2.83 bits per heavy atom. The van der Waals surface area contributed by atoms with Crippen LogP contribution in [0.3, 0.4) is 0 Å². The van der Waals surface area contributed by atoms with Gasteiger partial charge in [-0.1, -0.05) is 11.6 Å². The number of urea groups is 1. The van der Waals surface area contributed by atoms with Crippen LogP contribution in [-0.2, 0) is 4.74 Å². The predicted octanol–water partition coefficient (Wildman–Crippen LogP) is 2.68. The van der Waals surface area contributed by atoms with Crippen molar-refractivity contribution in [1.82, 2.24) is 9.80 Å². The maximum atomic E-state index is 12.6. The smallest absolute Gasteiger partial charge is 0.321 e. The molecular formula is C17H24ClN3O3. The van der Waals surface area contributed by atoms with E-state index >= 15 is 0 Å². The van der Waals surface area contributed by atoms with E-state index in [9.17, 15) is 4.79 Å². The van der Waals surface area contributed by atoms with Crippen LogP contribution in [0.2, 0.25) is 5.02 Å². The van der Waals surface area contributed by atoms with Gasteiger partial charge in [-0.15, -0.1) is 0 Å². The number of nitrogens with one attached hydrogen (secondary N) is 1. The quantitative estimate of drug-likeness (QED) is 0.907. The van der Waals surface area contributed by atoms with E-state index in [0.717, 1.165) is 52.2 Å². The van der Waals surface area contributed by atoms with Gasteiger partial charge in [-0.05, 0) is 31.0 Å². The molecule has 2 aliphatic heterocycles. The van der Waals surface area contributed by atoms with Gasteiger partial charge in [0.25, 0.3) is 0 Å². The molecule has 7 heteroatoms. The van der Waals surface area contributed by atoms with E-state index < -0.39 is 0 Å². The Bertz CT molecular complexity index is 578. The van der Waals surface area contributed by atoms with Crippen LogP contribution in [0.15, 0.2) is 18.2 Å². The first-order valence-electron chi connectivity index (χ1n) is 8.38. The lowest BCUT2D eigenvalue weighted by molar-refractivity contribution is 0.00248. The molecule has 2 amide bonds. The third-order valence-corrected chi connectivity index (χ3v) is 4.94. The molecule has 0 aliphatic carbocycles. The summed E-state index contributed by atoms with van der Waals surface area (Å²) >= 11 is 6.12. The highest BCUT2D eigenvalue weighted by atomic mass is 35.5. The van der Waals surface area contributed by atoms with E-state index in [2.05, 4.69) is 10.2 Å². The number of hydrogen-bond donors (Lipinski definition) is 1.